The molecule has 188 valence electrons. The Hall–Kier alpha value is -1.32. The number of ether oxygens (including phenoxy) is 6. The fourth-order valence-corrected chi connectivity index (χ4v) is 4.87. The molecule has 0 bridgehead atoms. The van der Waals surface area contributed by atoms with E-state index in [0.717, 1.165) is 17.3 Å². The van der Waals surface area contributed by atoms with Gasteiger partial charge in [-0.1, -0.05) is 46.3 Å². The van der Waals surface area contributed by atoms with Gasteiger partial charge in [-0.25, -0.2) is 0 Å². The van der Waals surface area contributed by atoms with Gasteiger partial charge in [-0.2, -0.15) is 0 Å². The van der Waals surface area contributed by atoms with Gasteiger partial charge in [0.2, 0.25) is 0 Å². The van der Waals surface area contributed by atoms with Crippen molar-refractivity contribution in [1.82, 2.24) is 0 Å². The summed E-state index contributed by atoms with van der Waals surface area (Å²) in [6.45, 7) is 5.96. The standard InChI is InChI=1S/C27H37BrO6/c1-29-13-15-33-19-17-31-11-9-27(10-12-32-18-20-34-16-14-30-2)25-6-4-3-5-23(25)24-8-7-22(28)21-26(24)27/h3-8,21H,9-20H2,1-2H3. The largest absolute Gasteiger partial charge is 0.382 e. The van der Waals surface area contributed by atoms with Crippen LogP contribution in [0.5, 0.6) is 0 Å². The maximum absolute atomic E-state index is 5.99. The highest BCUT2D eigenvalue weighted by Crippen LogP contribution is 2.53. The normalized spacial score (nSPS) is 13.7. The number of fused-ring (bicyclic) bond motifs is 3. The van der Waals surface area contributed by atoms with Crippen molar-refractivity contribution in [3.8, 4) is 11.1 Å². The number of halogens is 1. The molecule has 2 aromatic carbocycles. The molecule has 0 aliphatic heterocycles. The molecule has 7 heteroatoms. The van der Waals surface area contributed by atoms with Crippen LogP contribution in [0.2, 0.25) is 0 Å². The molecule has 0 fully saturated rings. The van der Waals surface area contributed by atoms with E-state index in [1.807, 2.05) is 0 Å². The average Bonchev–Trinajstić information content (AvgIpc) is 3.12. The number of hydrogen-bond donors (Lipinski definition) is 0. The van der Waals surface area contributed by atoms with E-state index in [0.29, 0.717) is 66.1 Å². The second-order valence-corrected chi connectivity index (χ2v) is 9.17. The Morgan fingerprint density at radius 3 is 1.68 bits per heavy atom. The molecule has 0 spiro atoms. The van der Waals surface area contributed by atoms with Gasteiger partial charge in [0.05, 0.1) is 52.9 Å². The summed E-state index contributed by atoms with van der Waals surface area (Å²) in [4.78, 5) is 0. The maximum atomic E-state index is 5.99. The zero-order chi connectivity index (χ0) is 24.1. The Balaban J connectivity index is 1.66. The second kappa shape index (κ2) is 14.9. The van der Waals surface area contributed by atoms with Gasteiger partial charge < -0.3 is 28.4 Å². The molecule has 3 rings (SSSR count). The quantitative estimate of drug-likeness (QED) is 0.254. The Kier molecular flexibility index (Phi) is 12.0. The summed E-state index contributed by atoms with van der Waals surface area (Å²) in [7, 11) is 3.35. The van der Waals surface area contributed by atoms with Crippen LogP contribution in [0.3, 0.4) is 0 Å². The molecule has 34 heavy (non-hydrogen) atoms. The lowest BCUT2D eigenvalue weighted by Gasteiger charge is -2.32. The highest BCUT2D eigenvalue weighted by Gasteiger charge is 2.42. The summed E-state index contributed by atoms with van der Waals surface area (Å²) in [5.74, 6) is 0. The predicted octanol–water partition coefficient (Wildman–Crippen LogP) is 4.86. The van der Waals surface area contributed by atoms with Gasteiger partial charge in [-0.15, -0.1) is 0 Å². The van der Waals surface area contributed by atoms with E-state index in [-0.39, 0.29) is 5.41 Å². The van der Waals surface area contributed by atoms with Crippen molar-refractivity contribution in [3.63, 3.8) is 0 Å². The van der Waals surface area contributed by atoms with Crippen molar-refractivity contribution < 1.29 is 28.4 Å². The van der Waals surface area contributed by atoms with Crippen LogP contribution in [0.1, 0.15) is 24.0 Å². The summed E-state index contributed by atoms with van der Waals surface area (Å²) in [6, 6.07) is 15.3. The molecule has 0 amide bonds. The van der Waals surface area contributed by atoms with Gasteiger partial charge in [-0.05, 0) is 47.2 Å². The monoisotopic (exact) mass is 536 g/mol. The first-order chi connectivity index (χ1) is 16.7. The van der Waals surface area contributed by atoms with E-state index in [9.17, 15) is 0 Å². The number of benzene rings is 2. The third-order valence-electron chi connectivity index (χ3n) is 6.18. The van der Waals surface area contributed by atoms with E-state index in [1.54, 1.807) is 14.2 Å². The van der Waals surface area contributed by atoms with E-state index in [2.05, 4.69) is 58.4 Å². The molecular weight excluding hydrogens is 500 g/mol. The van der Waals surface area contributed by atoms with Gasteiger partial charge in [0.1, 0.15) is 0 Å². The van der Waals surface area contributed by atoms with Crippen LogP contribution in [0.4, 0.5) is 0 Å². The molecule has 0 heterocycles. The van der Waals surface area contributed by atoms with Crippen LogP contribution in [0, 0.1) is 0 Å². The van der Waals surface area contributed by atoms with Crippen molar-refractivity contribution in [1.29, 1.82) is 0 Å². The van der Waals surface area contributed by atoms with E-state index >= 15 is 0 Å². The summed E-state index contributed by atoms with van der Waals surface area (Å²) in [5.41, 5.74) is 5.12. The fraction of sp³-hybridized carbons (Fsp3) is 0.556. The Morgan fingerprint density at radius 1 is 0.588 bits per heavy atom. The molecule has 1 aliphatic rings. The molecule has 0 aromatic heterocycles. The molecule has 0 atom stereocenters. The summed E-state index contributed by atoms with van der Waals surface area (Å²) < 4.78 is 34.2. The van der Waals surface area contributed by atoms with Crippen LogP contribution < -0.4 is 0 Å². The Labute approximate surface area is 212 Å². The first-order valence-corrected chi connectivity index (χ1v) is 12.7. The summed E-state index contributed by atoms with van der Waals surface area (Å²) >= 11 is 3.69. The van der Waals surface area contributed by atoms with Gasteiger partial charge in [0.15, 0.2) is 0 Å². The lowest BCUT2D eigenvalue weighted by Crippen LogP contribution is -2.29. The van der Waals surface area contributed by atoms with Crippen molar-refractivity contribution in [2.75, 3.05) is 80.3 Å². The zero-order valence-electron chi connectivity index (χ0n) is 20.4. The van der Waals surface area contributed by atoms with Crippen LogP contribution in [0.15, 0.2) is 46.9 Å². The molecular formula is C27H37BrO6. The van der Waals surface area contributed by atoms with Gasteiger partial charge in [0.25, 0.3) is 0 Å². The SMILES string of the molecule is COCCOCCOCCC1(CCOCCOCCOC)c2ccccc2-c2ccc(Br)cc21. The van der Waals surface area contributed by atoms with Gasteiger partial charge >= 0.3 is 0 Å². The zero-order valence-corrected chi connectivity index (χ0v) is 21.9. The van der Waals surface area contributed by atoms with E-state index in [4.69, 9.17) is 28.4 Å². The molecule has 2 aromatic rings. The smallest absolute Gasteiger partial charge is 0.0701 e. The van der Waals surface area contributed by atoms with Crippen LogP contribution >= 0.6 is 15.9 Å². The molecule has 6 nitrogen and oxygen atoms in total. The molecule has 0 radical (unpaired) electrons. The van der Waals surface area contributed by atoms with Crippen molar-refractivity contribution in [2.45, 2.75) is 18.3 Å². The van der Waals surface area contributed by atoms with Gasteiger partial charge in [0, 0.05) is 37.3 Å². The second-order valence-electron chi connectivity index (χ2n) is 8.25. The van der Waals surface area contributed by atoms with E-state index in [1.165, 1.54) is 22.3 Å². The van der Waals surface area contributed by atoms with Crippen LogP contribution in [-0.2, 0) is 33.8 Å². The highest BCUT2D eigenvalue weighted by molar-refractivity contribution is 9.10. The lowest BCUT2D eigenvalue weighted by molar-refractivity contribution is 0.0145. The minimum absolute atomic E-state index is 0.163. The van der Waals surface area contributed by atoms with Gasteiger partial charge in [-0.3, -0.25) is 0 Å². The first-order valence-electron chi connectivity index (χ1n) is 11.9. The number of rotatable bonds is 18. The fourth-order valence-electron chi connectivity index (χ4n) is 4.51. The average molecular weight is 537 g/mol. The minimum atomic E-state index is -0.163. The third kappa shape index (κ3) is 7.34. The highest BCUT2D eigenvalue weighted by atomic mass is 79.9. The molecule has 0 saturated heterocycles. The summed E-state index contributed by atoms with van der Waals surface area (Å²) in [6.07, 6.45) is 1.75. The Bertz CT molecular complexity index is 839. The number of methoxy groups -OCH3 is 2. The maximum Gasteiger partial charge on any atom is 0.0701 e. The Morgan fingerprint density at radius 2 is 1.09 bits per heavy atom. The van der Waals surface area contributed by atoms with Crippen LogP contribution in [0.25, 0.3) is 11.1 Å². The minimum Gasteiger partial charge on any atom is -0.382 e. The molecule has 1 aliphatic carbocycles. The molecule has 0 N–H and O–H groups in total. The van der Waals surface area contributed by atoms with Crippen molar-refractivity contribution in [3.05, 3.63) is 58.1 Å². The lowest BCUT2D eigenvalue weighted by atomic mass is 9.73. The predicted molar refractivity (Wildman–Crippen MR) is 137 cm³/mol. The molecule has 0 saturated carbocycles. The first kappa shape index (κ1) is 27.3. The van der Waals surface area contributed by atoms with Crippen molar-refractivity contribution >= 4 is 15.9 Å². The molecule has 0 unspecified atom stereocenters. The van der Waals surface area contributed by atoms with Crippen LogP contribution in [-0.4, -0.2) is 80.3 Å². The summed E-state index contributed by atoms with van der Waals surface area (Å²) in [5, 5.41) is 0. The van der Waals surface area contributed by atoms with E-state index < -0.39 is 0 Å². The number of hydrogen-bond acceptors (Lipinski definition) is 6. The topological polar surface area (TPSA) is 55.4 Å². The third-order valence-corrected chi connectivity index (χ3v) is 6.68. The van der Waals surface area contributed by atoms with Crippen molar-refractivity contribution in [2.24, 2.45) is 0 Å².